The third-order valence-electron chi connectivity index (χ3n) is 1.90. The molecule has 0 unspecified atom stereocenters. The van der Waals surface area contributed by atoms with E-state index in [-0.39, 0.29) is 35.3 Å². The number of fused-ring (bicyclic) bond motifs is 1. The number of phenols is 1. The molecule has 0 saturated carbocycles. The van der Waals surface area contributed by atoms with Gasteiger partial charge in [0.2, 0.25) is 0 Å². The van der Waals surface area contributed by atoms with Crippen LogP contribution in [0.15, 0.2) is 36.4 Å². The van der Waals surface area contributed by atoms with Crippen molar-refractivity contribution >= 4 is 46.0 Å². The summed E-state index contributed by atoms with van der Waals surface area (Å²) in [6.45, 7) is 0. The average Bonchev–Trinajstić information content (AvgIpc) is 2.07. The molecule has 0 heterocycles. The van der Waals surface area contributed by atoms with Crippen LogP contribution in [0.25, 0.3) is 10.8 Å². The minimum absolute atomic E-state index is 0. The standard InChI is InChI=1S/C10H9NO.Na/c11-10-3-1-2-7-4-5-8(12)6-9(7)10;/h1-6,12H,11H2;. The molecule has 0 bridgehead atoms. The van der Waals surface area contributed by atoms with E-state index in [1.807, 2.05) is 24.3 Å². The second-order valence-corrected chi connectivity index (χ2v) is 2.75. The van der Waals surface area contributed by atoms with Crippen LogP contribution in [0.1, 0.15) is 0 Å². The first-order valence-corrected chi connectivity index (χ1v) is 3.74. The van der Waals surface area contributed by atoms with Crippen LogP contribution in [-0.2, 0) is 0 Å². The predicted octanol–water partition coefficient (Wildman–Crippen LogP) is 1.75. The first-order chi connectivity index (χ1) is 5.77. The van der Waals surface area contributed by atoms with Gasteiger partial charge in [0.1, 0.15) is 5.75 Å². The number of hydrogen-bond acceptors (Lipinski definition) is 2. The number of nitrogen functional groups attached to an aromatic ring is 1. The van der Waals surface area contributed by atoms with Gasteiger partial charge >= 0.3 is 0 Å². The number of anilines is 1. The van der Waals surface area contributed by atoms with Gasteiger partial charge in [0.05, 0.1) is 0 Å². The number of benzene rings is 2. The Labute approximate surface area is 98.7 Å². The van der Waals surface area contributed by atoms with E-state index < -0.39 is 0 Å². The molecule has 0 atom stereocenters. The molecule has 61 valence electrons. The van der Waals surface area contributed by atoms with Crippen LogP contribution < -0.4 is 5.73 Å². The largest absolute Gasteiger partial charge is 0.508 e. The predicted molar refractivity (Wildman–Crippen MR) is 55.8 cm³/mol. The fourth-order valence-corrected chi connectivity index (χ4v) is 1.28. The molecule has 13 heavy (non-hydrogen) atoms. The molecular weight excluding hydrogens is 173 g/mol. The van der Waals surface area contributed by atoms with Gasteiger partial charge in [-0.3, -0.25) is 0 Å². The van der Waals surface area contributed by atoms with Crippen molar-refractivity contribution in [2.45, 2.75) is 0 Å². The average molecular weight is 182 g/mol. The summed E-state index contributed by atoms with van der Waals surface area (Å²) in [7, 11) is 0. The molecule has 1 radical (unpaired) electrons. The van der Waals surface area contributed by atoms with Gasteiger partial charge in [-0.1, -0.05) is 18.2 Å². The van der Waals surface area contributed by atoms with Gasteiger partial charge in [-0.2, -0.15) is 0 Å². The second kappa shape index (κ2) is 4.01. The molecule has 0 fully saturated rings. The van der Waals surface area contributed by atoms with Crippen molar-refractivity contribution in [3.63, 3.8) is 0 Å². The maximum atomic E-state index is 9.20. The van der Waals surface area contributed by atoms with Gasteiger partial charge in [0.15, 0.2) is 0 Å². The molecule has 2 aromatic carbocycles. The van der Waals surface area contributed by atoms with E-state index in [4.69, 9.17) is 5.73 Å². The summed E-state index contributed by atoms with van der Waals surface area (Å²) in [5.41, 5.74) is 6.41. The van der Waals surface area contributed by atoms with Gasteiger partial charge in [-0.05, 0) is 23.6 Å². The summed E-state index contributed by atoms with van der Waals surface area (Å²) >= 11 is 0. The quantitative estimate of drug-likeness (QED) is 0.481. The fraction of sp³-hybridized carbons (Fsp3) is 0. The Morgan fingerprint density at radius 3 is 2.62 bits per heavy atom. The molecule has 2 aromatic rings. The Bertz CT molecular complexity index is 428. The third kappa shape index (κ3) is 1.97. The van der Waals surface area contributed by atoms with Crippen LogP contribution in [0.3, 0.4) is 0 Å². The summed E-state index contributed by atoms with van der Waals surface area (Å²) in [5.74, 6) is 0.250. The van der Waals surface area contributed by atoms with Gasteiger partial charge < -0.3 is 10.8 Å². The molecule has 0 amide bonds. The van der Waals surface area contributed by atoms with Crippen molar-refractivity contribution in [3.05, 3.63) is 36.4 Å². The first-order valence-electron chi connectivity index (χ1n) is 3.74. The van der Waals surface area contributed by atoms with Crippen molar-refractivity contribution in [1.82, 2.24) is 0 Å². The SMILES string of the molecule is Nc1cccc2ccc(O)cc12.[Na]. The summed E-state index contributed by atoms with van der Waals surface area (Å²) in [4.78, 5) is 0. The monoisotopic (exact) mass is 182 g/mol. The Hall–Kier alpha value is -0.700. The number of aromatic hydroxyl groups is 1. The molecular formula is C10H9NNaO. The van der Waals surface area contributed by atoms with E-state index in [0.717, 1.165) is 10.8 Å². The Morgan fingerprint density at radius 1 is 1.08 bits per heavy atom. The van der Waals surface area contributed by atoms with Crippen LogP contribution in [0.2, 0.25) is 0 Å². The molecule has 2 rings (SSSR count). The second-order valence-electron chi connectivity index (χ2n) is 2.75. The van der Waals surface area contributed by atoms with Gasteiger partial charge in [-0.15, -0.1) is 0 Å². The van der Waals surface area contributed by atoms with Gasteiger partial charge in [-0.25, -0.2) is 0 Å². The van der Waals surface area contributed by atoms with Crippen molar-refractivity contribution in [1.29, 1.82) is 0 Å². The van der Waals surface area contributed by atoms with E-state index in [0.29, 0.717) is 5.69 Å². The third-order valence-corrected chi connectivity index (χ3v) is 1.90. The molecule has 0 aliphatic rings. The van der Waals surface area contributed by atoms with Crippen molar-refractivity contribution in [2.75, 3.05) is 5.73 Å². The summed E-state index contributed by atoms with van der Waals surface area (Å²) in [5, 5.41) is 11.1. The number of hydrogen-bond donors (Lipinski definition) is 2. The van der Waals surface area contributed by atoms with Crippen LogP contribution in [-0.4, -0.2) is 34.7 Å². The van der Waals surface area contributed by atoms with Crippen LogP contribution >= 0.6 is 0 Å². The van der Waals surface area contributed by atoms with E-state index in [2.05, 4.69) is 0 Å². The zero-order chi connectivity index (χ0) is 8.55. The minimum atomic E-state index is 0. The van der Waals surface area contributed by atoms with E-state index in [9.17, 15) is 5.11 Å². The van der Waals surface area contributed by atoms with Crippen LogP contribution in [0, 0.1) is 0 Å². The molecule has 0 spiro atoms. The Morgan fingerprint density at radius 2 is 1.85 bits per heavy atom. The normalized spacial score (nSPS) is 9.54. The zero-order valence-electron chi connectivity index (χ0n) is 7.49. The van der Waals surface area contributed by atoms with Crippen LogP contribution in [0.5, 0.6) is 5.75 Å². The molecule has 2 nitrogen and oxygen atoms in total. The number of phenolic OH excluding ortho intramolecular Hbond substituents is 1. The molecule has 3 N–H and O–H groups in total. The van der Waals surface area contributed by atoms with Crippen LogP contribution in [0.4, 0.5) is 5.69 Å². The molecule has 0 aliphatic carbocycles. The first kappa shape index (κ1) is 10.4. The number of rotatable bonds is 0. The topological polar surface area (TPSA) is 46.2 Å². The summed E-state index contributed by atoms with van der Waals surface area (Å²) in [6, 6.07) is 10.9. The maximum Gasteiger partial charge on any atom is 0.116 e. The zero-order valence-corrected chi connectivity index (χ0v) is 9.49. The molecule has 3 heteroatoms. The summed E-state index contributed by atoms with van der Waals surface area (Å²) in [6.07, 6.45) is 0. The smallest absolute Gasteiger partial charge is 0.116 e. The van der Waals surface area contributed by atoms with Crippen molar-refractivity contribution in [2.24, 2.45) is 0 Å². The molecule has 0 saturated heterocycles. The minimum Gasteiger partial charge on any atom is -0.508 e. The van der Waals surface area contributed by atoms with Gasteiger partial charge in [0.25, 0.3) is 0 Å². The Kier molecular flexibility index (Phi) is 3.20. The maximum absolute atomic E-state index is 9.20. The van der Waals surface area contributed by atoms with E-state index in [1.54, 1.807) is 12.1 Å². The van der Waals surface area contributed by atoms with Gasteiger partial charge in [0, 0.05) is 40.6 Å². The van der Waals surface area contributed by atoms with E-state index >= 15 is 0 Å². The van der Waals surface area contributed by atoms with E-state index in [1.165, 1.54) is 0 Å². The van der Waals surface area contributed by atoms with Crippen molar-refractivity contribution in [3.8, 4) is 5.75 Å². The summed E-state index contributed by atoms with van der Waals surface area (Å²) < 4.78 is 0. The molecule has 0 aromatic heterocycles. The number of nitrogens with two attached hydrogens (primary N) is 1. The fourth-order valence-electron chi connectivity index (χ4n) is 1.28. The molecule has 0 aliphatic heterocycles. The Balaban J connectivity index is 0.000000845. The van der Waals surface area contributed by atoms with Crippen molar-refractivity contribution < 1.29 is 5.11 Å².